The van der Waals surface area contributed by atoms with Crippen molar-refractivity contribution in [1.29, 1.82) is 0 Å². The zero-order chi connectivity index (χ0) is 14.9. The number of sulfonamides is 1. The van der Waals surface area contributed by atoms with Crippen molar-refractivity contribution in [1.82, 2.24) is 4.72 Å². The van der Waals surface area contributed by atoms with Crippen molar-refractivity contribution in [3.05, 3.63) is 23.8 Å². The Morgan fingerprint density at radius 2 is 2.10 bits per heavy atom. The number of nitrogens with one attached hydrogen (secondary N) is 2. The molecule has 0 radical (unpaired) electrons. The third-order valence-electron chi connectivity index (χ3n) is 4.49. The molecule has 1 aromatic rings. The van der Waals surface area contributed by atoms with Crippen LogP contribution in [0.1, 0.15) is 25.3 Å². The van der Waals surface area contributed by atoms with Crippen LogP contribution >= 0.6 is 0 Å². The molecule has 0 aromatic heterocycles. The highest BCUT2D eigenvalue weighted by atomic mass is 32.2. The van der Waals surface area contributed by atoms with Crippen LogP contribution in [0, 0.1) is 5.41 Å². The minimum Gasteiger partial charge on any atom is -0.384 e. The largest absolute Gasteiger partial charge is 0.384 e. The molecule has 0 amide bonds. The fourth-order valence-corrected chi connectivity index (χ4v) is 4.06. The molecule has 0 aliphatic carbocycles. The Balaban J connectivity index is 1.72. The lowest BCUT2D eigenvalue weighted by atomic mass is 9.83. The monoisotopic (exact) mass is 310 g/mol. The van der Waals surface area contributed by atoms with E-state index in [1.807, 2.05) is 6.07 Å². The van der Waals surface area contributed by atoms with E-state index >= 15 is 0 Å². The predicted octanol–water partition coefficient (Wildman–Crippen LogP) is 1.75. The molecule has 3 rings (SSSR count). The van der Waals surface area contributed by atoms with Gasteiger partial charge in [-0.3, -0.25) is 0 Å². The van der Waals surface area contributed by atoms with Gasteiger partial charge in [0.25, 0.3) is 0 Å². The van der Waals surface area contributed by atoms with Crippen molar-refractivity contribution in [2.24, 2.45) is 5.41 Å². The van der Waals surface area contributed by atoms with E-state index in [2.05, 4.69) is 17.0 Å². The van der Waals surface area contributed by atoms with Crippen molar-refractivity contribution in [2.75, 3.05) is 31.6 Å². The second-order valence-electron chi connectivity index (χ2n) is 6.24. The van der Waals surface area contributed by atoms with Gasteiger partial charge in [-0.2, -0.15) is 0 Å². The van der Waals surface area contributed by atoms with Gasteiger partial charge >= 0.3 is 0 Å². The molecule has 5 nitrogen and oxygen atoms in total. The molecule has 1 aromatic carbocycles. The summed E-state index contributed by atoms with van der Waals surface area (Å²) in [5, 5.41) is 3.22. The van der Waals surface area contributed by atoms with E-state index in [4.69, 9.17) is 4.74 Å². The van der Waals surface area contributed by atoms with Crippen LogP contribution in [0.5, 0.6) is 0 Å². The van der Waals surface area contributed by atoms with Gasteiger partial charge in [0, 0.05) is 32.0 Å². The Labute approximate surface area is 126 Å². The molecule has 6 heteroatoms. The number of ether oxygens (including phenoxy) is 1. The molecule has 21 heavy (non-hydrogen) atoms. The summed E-state index contributed by atoms with van der Waals surface area (Å²) in [4.78, 5) is 0.339. The lowest BCUT2D eigenvalue weighted by Gasteiger charge is -2.33. The first-order valence-corrected chi connectivity index (χ1v) is 8.91. The van der Waals surface area contributed by atoms with Gasteiger partial charge in [-0.25, -0.2) is 13.1 Å². The number of anilines is 1. The first kappa shape index (κ1) is 14.8. The van der Waals surface area contributed by atoms with Crippen molar-refractivity contribution >= 4 is 15.7 Å². The molecule has 116 valence electrons. The fourth-order valence-electron chi connectivity index (χ4n) is 2.83. The van der Waals surface area contributed by atoms with Crippen LogP contribution < -0.4 is 10.0 Å². The lowest BCUT2D eigenvalue weighted by molar-refractivity contribution is 0.0265. The minimum absolute atomic E-state index is 0.0136. The van der Waals surface area contributed by atoms with Crippen molar-refractivity contribution in [2.45, 2.75) is 31.1 Å². The summed E-state index contributed by atoms with van der Waals surface area (Å²) in [5.41, 5.74) is 2.11. The third-order valence-corrected chi connectivity index (χ3v) is 5.89. The topological polar surface area (TPSA) is 67.4 Å². The summed E-state index contributed by atoms with van der Waals surface area (Å²) < 4.78 is 33.0. The first-order chi connectivity index (χ1) is 9.99. The van der Waals surface area contributed by atoms with E-state index in [0.717, 1.165) is 31.5 Å². The van der Waals surface area contributed by atoms with E-state index in [-0.39, 0.29) is 5.41 Å². The van der Waals surface area contributed by atoms with Gasteiger partial charge in [0.1, 0.15) is 0 Å². The summed E-state index contributed by atoms with van der Waals surface area (Å²) in [6.07, 6.45) is 2.74. The third kappa shape index (κ3) is 3.22. The highest BCUT2D eigenvalue weighted by molar-refractivity contribution is 7.89. The standard InChI is InChI=1S/C15H22N2O3S/c1-15(5-8-20-9-6-15)11-17-21(18,19)13-3-2-12-4-7-16-14(12)10-13/h2-3,10,16-17H,4-9,11H2,1H3. The SMILES string of the molecule is CC1(CNS(=O)(=O)c2ccc3c(c2)NCC3)CCOCC1. The summed E-state index contributed by atoms with van der Waals surface area (Å²) in [6.45, 7) is 4.87. The Morgan fingerprint density at radius 1 is 1.33 bits per heavy atom. The van der Waals surface area contributed by atoms with Crippen molar-refractivity contribution in [3.8, 4) is 0 Å². The van der Waals surface area contributed by atoms with E-state index in [0.29, 0.717) is 24.7 Å². The molecule has 2 aliphatic rings. The molecule has 1 fully saturated rings. The molecular formula is C15H22N2O3S. The second-order valence-corrected chi connectivity index (χ2v) is 8.01. The molecule has 2 N–H and O–H groups in total. The maximum atomic E-state index is 12.4. The van der Waals surface area contributed by atoms with Gasteiger partial charge in [0.15, 0.2) is 0 Å². The normalized spacial score (nSPS) is 20.8. The van der Waals surface area contributed by atoms with E-state index in [1.165, 1.54) is 5.56 Å². The van der Waals surface area contributed by atoms with Crippen LogP contribution in [0.3, 0.4) is 0 Å². The Hall–Kier alpha value is -1.11. The van der Waals surface area contributed by atoms with Crippen LogP contribution in [0.25, 0.3) is 0 Å². The van der Waals surface area contributed by atoms with Gasteiger partial charge in [0.2, 0.25) is 10.0 Å². The fraction of sp³-hybridized carbons (Fsp3) is 0.600. The molecule has 1 saturated heterocycles. The number of hydrogen-bond acceptors (Lipinski definition) is 4. The van der Waals surface area contributed by atoms with E-state index in [1.54, 1.807) is 12.1 Å². The van der Waals surface area contributed by atoms with E-state index < -0.39 is 10.0 Å². The van der Waals surface area contributed by atoms with Gasteiger partial charge in [-0.1, -0.05) is 13.0 Å². The second kappa shape index (κ2) is 5.59. The highest BCUT2D eigenvalue weighted by Crippen LogP contribution is 2.30. The maximum Gasteiger partial charge on any atom is 0.240 e. The van der Waals surface area contributed by atoms with Crippen molar-refractivity contribution < 1.29 is 13.2 Å². The molecular weight excluding hydrogens is 288 g/mol. The number of hydrogen-bond donors (Lipinski definition) is 2. The van der Waals surface area contributed by atoms with E-state index in [9.17, 15) is 8.42 Å². The van der Waals surface area contributed by atoms with Gasteiger partial charge in [-0.15, -0.1) is 0 Å². The zero-order valence-corrected chi connectivity index (χ0v) is 13.1. The molecule has 0 saturated carbocycles. The summed E-state index contributed by atoms with van der Waals surface area (Å²) in [5.74, 6) is 0. The Bertz CT molecular complexity index is 622. The Kier molecular flexibility index (Phi) is 3.94. The molecule has 0 atom stereocenters. The molecule has 0 unspecified atom stereocenters. The highest BCUT2D eigenvalue weighted by Gasteiger charge is 2.29. The van der Waals surface area contributed by atoms with Crippen LogP contribution in [0.2, 0.25) is 0 Å². The van der Waals surface area contributed by atoms with Crippen molar-refractivity contribution in [3.63, 3.8) is 0 Å². The van der Waals surface area contributed by atoms with Crippen LogP contribution in [-0.2, 0) is 21.2 Å². The number of benzene rings is 1. The zero-order valence-electron chi connectivity index (χ0n) is 12.3. The lowest BCUT2D eigenvalue weighted by Crippen LogP contribution is -2.39. The minimum atomic E-state index is -3.45. The maximum absolute atomic E-state index is 12.4. The van der Waals surface area contributed by atoms with Crippen LogP contribution in [0.15, 0.2) is 23.1 Å². The first-order valence-electron chi connectivity index (χ1n) is 7.43. The van der Waals surface area contributed by atoms with Crippen LogP contribution in [-0.4, -0.2) is 34.7 Å². The summed E-state index contributed by atoms with van der Waals surface area (Å²) in [7, 11) is -3.45. The molecule has 2 aliphatic heterocycles. The molecule has 0 spiro atoms. The molecule has 0 bridgehead atoms. The summed E-state index contributed by atoms with van der Waals surface area (Å²) in [6, 6.07) is 5.33. The molecule has 2 heterocycles. The predicted molar refractivity (Wildman–Crippen MR) is 82.0 cm³/mol. The quantitative estimate of drug-likeness (QED) is 0.889. The number of rotatable bonds is 4. The van der Waals surface area contributed by atoms with Gasteiger partial charge in [-0.05, 0) is 42.4 Å². The Morgan fingerprint density at radius 3 is 2.86 bits per heavy atom. The average molecular weight is 310 g/mol. The smallest absolute Gasteiger partial charge is 0.240 e. The van der Waals surface area contributed by atoms with Gasteiger partial charge in [0.05, 0.1) is 4.90 Å². The van der Waals surface area contributed by atoms with Gasteiger partial charge < -0.3 is 10.1 Å². The van der Waals surface area contributed by atoms with Crippen LogP contribution in [0.4, 0.5) is 5.69 Å². The average Bonchev–Trinajstić information content (AvgIpc) is 2.94. The number of fused-ring (bicyclic) bond motifs is 1. The summed E-state index contributed by atoms with van der Waals surface area (Å²) >= 11 is 0.